The monoisotopic (exact) mass is 1770 g/mol. The molecule has 108 heavy (non-hydrogen) atoms. The SMILES string of the molecule is O=S(=O)(O)CCNc1nc(Cl)nc(Nc2ccc(C=Cc3ccc(Nc4nc(Cl)nc(NCCS(=O)(=O)O)n4)cc3S(=O)(=O)[O-])c(S(=O)(=O)[O-])c2)n1.O=S(=O)(O)CCNc1nc(Cl)nc(Nc2ccc(C=Cc3ccc(Nc4nc(Cl)nc(NCCS(=O)(=O)O)n4)cc3S(=O)(=O)[O-])c(S(=O)(=O)[O-])c2)n1.[Na+].[Na+].[Na+].[Na+]. The molecule has 0 fully saturated rings. The molecule has 12 N–H and O–H groups in total. The number of anilines is 12. The van der Waals surface area contributed by atoms with E-state index in [-0.39, 0.29) is 258 Å². The quantitative estimate of drug-likeness (QED) is 0.0106. The fourth-order valence-corrected chi connectivity index (χ4v) is 12.7. The van der Waals surface area contributed by atoms with Crippen molar-refractivity contribution in [3.05, 3.63) is 116 Å². The van der Waals surface area contributed by atoms with E-state index in [0.29, 0.717) is 0 Å². The number of benzene rings is 4. The van der Waals surface area contributed by atoms with E-state index in [9.17, 15) is 85.6 Å². The standard InChI is InChI=1S/2C24H24Cl2N10O12S4.4Na/c2*25-19-31-21(27-7-9-49(37,38)39)35-23(33-19)29-15-5-3-13(17(11-15)51(43,44)45)1-2-14-4-6-16(12-18(14)52(46,47)48)30-24-34-20(26)32-22(36-24)28-8-10-50(40,41)42;;;;/h2*1-6,11-12H,7-10H2,(H,37,38,39)(H,40,41,42)(H,43,44,45)(H,46,47,48)(H2,27,29,31,33,35)(H2,28,30,32,34,36);;;;/q;;4*+1/p-4. The number of halogens is 4. The average molecular weight is 1780 g/mol. The summed E-state index contributed by atoms with van der Waals surface area (Å²) in [6.45, 7) is -1.21. The Kier molecular flexibility index (Phi) is 37.3. The fourth-order valence-electron chi connectivity index (χ4n) is 7.85. The molecule has 4 aromatic heterocycles. The summed E-state index contributed by atoms with van der Waals surface area (Å²) in [7, 11) is -37.9. The van der Waals surface area contributed by atoms with E-state index in [1.165, 1.54) is 48.5 Å². The van der Waals surface area contributed by atoms with Crippen molar-refractivity contribution >= 4 is 222 Å². The minimum Gasteiger partial charge on any atom is -0.744 e. The van der Waals surface area contributed by atoms with Gasteiger partial charge >= 0.3 is 118 Å². The number of nitrogens with zero attached hydrogens (tertiary/aromatic N) is 12. The molecular weight excluding hydrogens is 1730 g/mol. The zero-order chi connectivity index (χ0) is 77.0. The average Bonchev–Trinajstić information content (AvgIpc) is 0.807. The Balaban J connectivity index is 0.000000540. The van der Waals surface area contributed by atoms with Crippen LogP contribution in [0.5, 0.6) is 0 Å². The second-order valence-corrected chi connectivity index (χ2v) is 32.9. The molecule has 0 unspecified atom stereocenters. The number of aromatic nitrogens is 12. The van der Waals surface area contributed by atoms with Crippen molar-refractivity contribution < 1.29 is 222 Å². The molecule has 0 saturated heterocycles. The molecule has 0 radical (unpaired) electrons. The van der Waals surface area contributed by atoms with Crippen LogP contribution in [0, 0.1) is 0 Å². The van der Waals surface area contributed by atoms with E-state index >= 15 is 0 Å². The van der Waals surface area contributed by atoms with Gasteiger partial charge in [-0.2, -0.15) is 93.5 Å². The van der Waals surface area contributed by atoms with E-state index in [2.05, 4.69) is 102 Å². The summed E-state index contributed by atoms with van der Waals surface area (Å²) in [5, 5.41) is 19.0. The maximum Gasteiger partial charge on any atom is 1.00 e. The third-order valence-electron chi connectivity index (χ3n) is 12.0. The van der Waals surface area contributed by atoms with Crippen molar-refractivity contribution in [2.24, 2.45) is 0 Å². The molecule has 0 aliphatic heterocycles. The summed E-state index contributed by atoms with van der Waals surface area (Å²) in [6.07, 6.45) is 4.27. The van der Waals surface area contributed by atoms with Gasteiger partial charge in [0.25, 0.3) is 40.5 Å². The second-order valence-electron chi connectivity index (χ2n) is 19.9. The van der Waals surface area contributed by atoms with E-state index in [4.69, 9.17) is 64.6 Å². The minimum absolute atomic E-state index is 0. The maximum absolute atomic E-state index is 12.2. The summed E-state index contributed by atoms with van der Waals surface area (Å²) in [4.78, 5) is 42.9. The smallest absolute Gasteiger partial charge is 0.744 e. The van der Waals surface area contributed by atoms with Gasteiger partial charge in [0.05, 0.1) is 42.6 Å². The Hall–Kier alpha value is -4.76. The van der Waals surface area contributed by atoms with Crippen molar-refractivity contribution in [1.82, 2.24) is 59.8 Å². The molecule has 8 rings (SSSR count). The van der Waals surface area contributed by atoms with Crippen LogP contribution in [-0.2, 0) is 80.9 Å². The molecule has 0 aliphatic carbocycles. The molecule has 0 spiro atoms. The topological polar surface area (TPSA) is 697 Å². The van der Waals surface area contributed by atoms with Crippen molar-refractivity contribution in [2.45, 2.75) is 19.6 Å². The van der Waals surface area contributed by atoms with Gasteiger partial charge in [0, 0.05) is 48.9 Å². The molecule has 0 aliphatic rings. The normalized spacial score (nSPS) is 12.0. The van der Waals surface area contributed by atoms with Crippen molar-refractivity contribution in [2.75, 3.05) is 91.7 Å². The Morgan fingerprint density at radius 1 is 0.287 bits per heavy atom. The van der Waals surface area contributed by atoms with Crippen molar-refractivity contribution in [3.8, 4) is 0 Å². The number of hydrogen-bond donors (Lipinski definition) is 12. The zero-order valence-corrected chi connectivity index (χ0v) is 72.5. The molecule has 4 heterocycles. The van der Waals surface area contributed by atoms with Gasteiger partial charge in [-0.3, -0.25) is 18.2 Å². The zero-order valence-electron chi connectivity index (χ0n) is 55.0. The van der Waals surface area contributed by atoms with Gasteiger partial charge in [-0.15, -0.1) is 0 Å². The molecule has 60 heteroatoms. The molecule has 44 nitrogen and oxygen atoms in total. The molecule has 560 valence electrons. The summed E-state index contributed by atoms with van der Waals surface area (Å²) in [5.74, 6) is -4.56. The predicted octanol–water partition coefficient (Wildman–Crippen LogP) is -9.13. The summed E-state index contributed by atoms with van der Waals surface area (Å²) >= 11 is 23.5. The van der Waals surface area contributed by atoms with Gasteiger partial charge in [-0.25, -0.2) is 33.7 Å². The summed E-state index contributed by atoms with van der Waals surface area (Å²) in [5.41, 5.74) is -1.01. The van der Waals surface area contributed by atoms with Crippen LogP contribution in [-0.4, -0.2) is 213 Å². The van der Waals surface area contributed by atoms with Gasteiger partial charge in [0.15, 0.2) is 0 Å². The maximum atomic E-state index is 12.2. The Morgan fingerprint density at radius 3 is 0.611 bits per heavy atom. The molecule has 0 bridgehead atoms. The Bertz CT molecular complexity index is 4980. The third-order valence-corrected chi connectivity index (χ3v) is 19.2. The summed E-state index contributed by atoms with van der Waals surface area (Å²) in [6, 6.07) is 13.5. The van der Waals surface area contributed by atoms with Crippen LogP contribution in [0.25, 0.3) is 24.3 Å². The molecule has 0 saturated carbocycles. The molecule has 0 atom stereocenters. The van der Waals surface area contributed by atoms with Gasteiger partial charge in [-0.05, 0) is 117 Å². The number of nitrogens with one attached hydrogen (secondary N) is 8. The molecule has 4 aromatic carbocycles. The molecular formula is C48H44Cl4N20Na4O24S8. The van der Waals surface area contributed by atoms with Gasteiger partial charge in [0.2, 0.25) is 68.7 Å². The second kappa shape index (κ2) is 41.3. The van der Waals surface area contributed by atoms with E-state index in [1.54, 1.807) is 0 Å². The first-order chi connectivity index (χ1) is 48.1. The minimum atomic E-state index is -5.18. The summed E-state index contributed by atoms with van der Waals surface area (Å²) < 4.78 is 269. The van der Waals surface area contributed by atoms with Crippen LogP contribution in [0.1, 0.15) is 22.3 Å². The third kappa shape index (κ3) is 33.9. The van der Waals surface area contributed by atoms with Gasteiger partial charge < -0.3 is 60.7 Å². The van der Waals surface area contributed by atoms with Gasteiger partial charge in [0.1, 0.15) is 40.5 Å². The van der Waals surface area contributed by atoms with Crippen molar-refractivity contribution in [1.29, 1.82) is 0 Å². The first kappa shape index (κ1) is 97.4. The van der Waals surface area contributed by atoms with E-state index in [1.807, 2.05) is 0 Å². The Morgan fingerprint density at radius 2 is 0.454 bits per heavy atom. The van der Waals surface area contributed by atoms with Crippen LogP contribution in [0.15, 0.2) is 92.4 Å². The van der Waals surface area contributed by atoms with Gasteiger partial charge in [-0.1, -0.05) is 48.6 Å². The van der Waals surface area contributed by atoms with Crippen molar-refractivity contribution in [3.63, 3.8) is 0 Å². The fraction of sp³-hybridized carbons (Fsp3) is 0.167. The van der Waals surface area contributed by atoms with Crippen LogP contribution < -0.4 is 161 Å². The Labute approximate surface area is 722 Å². The molecule has 0 amide bonds. The first-order valence-electron chi connectivity index (χ1n) is 27.3. The van der Waals surface area contributed by atoms with Crippen LogP contribution in [0.3, 0.4) is 0 Å². The van der Waals surface area contributed by atoms with Crippen LogP contribution in [0.2, 0.25) is 21.1 Å². The van der Waals surface area contributed by atoms with E-state index < -0.39 is 124 Å². The van der Waals surface area contributed by atoms with Crippen LogP contribution in [0.4, 0.5) is 70.3 Å². The number of hydrogen-bond acceptors (Lipinski definition) is 40. The predicted molar refractivity (Wildman–Crippen MR) is 368 cm³/mol. The van der Waals surface area contributed by atoms with Crippen LogP contribution >= 0.6 is 46.4 Å². The number of rotatable bonds is 32. The molecule has 8 aromatic rings. The van der Waals surface area contributed by atoms with E-state index in [0.717, 1.165) is 48.6 Å². The largest absolute Gasteiger partial charge is 1.00 e. The first-order valence-corrected chi connectivity index (χ1v) is 40.9.